The lowest BCUT2D eigenvalue weighted by atomic mass is 10.2. The quantitative estimate of drug-likeness (QED) is 0.819. The second kappa shape index (κ2) is 7.85. The van der Waals surface area contributed by atoms with Gasteiger partial charge >= 0.3 is 0 Å². The van der Waals surface area contributed by atoms with Crippen LogP contribution in [-0.2, 0) is 10.5 Å². The molecule has 21 heavy (non-hydrogen) atoms. The Morgan fingerprint density at radius 1 is 1.43 bits per heavy atom. The number of oxazole rings is 1. The second-order valence-corrected chi connectivity index (χ2v) is 5.64. The van der Waals surface area contributed by atoms with Crippen LogP contribution in [0.15, 0.2) is 41.0 Å². The highest BCUT2D eigenvalue weighted by atomic mass is 32.2. The molecule has 0 radical (unpaired) electrons. The van der Waals surface area contributed by atoms with Crippen LogP contribution in [0.3, 0.4) is 0 Å². The third-order valence-corrected chi connectivity index (χ3v) is 3.70. The van der Waals surface area contributed by atoms with Crippen molar-refractivity contribution in [1.29, 1.82) is 0 Å². The number of aliphatic hydroxyl groups excluding tert-OH is 1. The van der Waals surface area contributed by atoms with Crippen LogP contribution in [0.1, 0.15) is 12.6 Å². The smallest absolute Gasteiger partial charge is 0.230 e. The molecule has 0 aliphatic heterocycles. The molecule has 2 aromatic rings. The number of carbonyl (C=O) groups excluding carboxylic acids is 1. The van der Waals surface area contributed by atoms with Gasteiger partial charge in [-0.25, -0.2) is 4.98 Å². The van der Waals surface area contributed by atoms with Gasteiger partial charge < -0.3 is 14.8 Å². The molecule has 1 amide bonds. The van der Waals surface area contributed by atoms with E-state index in [-0.39, 0.29) is 18.6 Å². The van der Waals surface area contributed by atoms with Gasteiger partial charge in [-0.1, -0.05) is 18.2 Å². The van der Waals surface area contributed by atoms with E-state index < -0.39 is 0 Å². The summed E-state index contributed by atoms with van der Waals surface area (Å²) in [6, 6.07) is 9.46. The van der Waals surface area contributed by atoms with Crippen molar-refractivity contribution in [2.24, 2.45) is 0 Å². The normalized spacial score (nSPS) is 12.1. The number of nitrogens with one attached hydrogen (secondary N) is 1. The molecule has 0 fully saturated rings. The average Bonchev–Trinajstić information content (AvgIpc) is 2.97. The summed E-state index contributed by atoms with van der Waals surface area (Å²) in [6.45, 7) is 1.70. The highest BCUT2D eigenvalue weighted by Gasteiger charge is 2.09. The number of carbonyl (C=O) groups is 1. The number of amides is 1. The summed E-state index contributed by atoms with van der Waals surface area (Å²) in [5.41, 5.74) is 1.74. The molecule has 1 aromatic heterocycles. The van der Waals surface area contributed by atoms with Crippen LogP contribution in [0.5, 0.6) is 0 Å². The van der Waals surface area contributed by atoms with Crippen molar-refractivity contribution in [2.45, 2.75) is 18.7 Å². The molecule has 2 N–H and O–H groups in total. The molecule has 0 bridgehead atoms. The summed E-state index contributed by atoms with van der Waals surface area (Å²) in [4.78, 5) is 15.9. The largest absolute Gasteiger partial charge is 0.444 e. The number of nitrogens with zero attached hydrogens (tertiary/aromatic N) is 1. The molecule has 1 heterocycles. The maximum atomic E-state index is 11.5. The van der Waals surface area contributed by atoms with Crippen LogP contribution in [0.4, 0.5) is 0 Å². The molecule has 0 aliphatic rings. The highest BCUT2D eigenvalue weighted by molar-refractivity contribution is 7.99. The molecule has 0 aliphatic carbocycles. The topological polar surface area (TPSA) is 75.4 Å². The van der Waals surface area contributed by atoms with Crippen molar-refractivity contribution in [1.82, 2.24) is 10.3 Å². The van der Waals surface area contributed by atoms with E-state index >= 15 is 0 Å². The second-order valence-electron chi connectivity index (χ2n) is 4.65. The molecule has 5 nitrogen and oxygen atoms in total. The third-order valence-electron chi connectivity index (χ3n) is 2.74. The van der Waals surface area contributed by atoms with Gasteiger partial charge in [0.2, 0.25) is 11.8 Å². The number of benzene rings is 1. The Morgan fingerprint density at radius 3 is 2.90 bits per heavy atom. The fourth-order valence-corrected chi connectivity index (χ4v) is 2.41. The summed E-state index contributed by atoms with van der Waals surface area (Å²) in [6.07, 6.45) is 1.61. The molecule has 0 spiro atoms. The Morgan fingerprint density at radius 2 is 2.19 bits per heavy atom. The van der Waals surface area contributed by atoms with Crippen molar-refractivity contribution in [3.05, 3.63) is 42.3 Å². The van der Waals surface area contributed by atoms with Crippen molar-refractivity contribution >= 4 is 17.7 Å². The number of rotatable bonds is 7. The van der Waals surface area contributed by atoms with Crippen LogP contribution in [-0.4, -0.2) is 34.4 Å². The first-order chi connectivity index (χ1) is 10.2. The zero-order valence-corrected chi connectivity index (χ0v) is 12.6. The van der Waals surface area contributed by atoms with E-state index in [9.17, 15) is 4.79 Å². The summed E-state index contributed by atoms with van der Waals surface area (Å²) >= 11 is 1.46. The lowest BCUT2D eigenvalue weighted by Crippen LogP contribution is -2.36. The summed E-state index contributed by atoms with van der Waals surface area (Å²) < 4.78 is 5.43. The van der Waals surface area contributed by atoms with E-state index in [1.807, 2.05) is 30.3 Å². The third kappa shape index (κ3) is 4.91. The molecule has 1 unspecified atom stereocenters. The van der Waals surface area contributed by atoms with Gasteiger partial charge in [0.05, 0.1) is 18.1 Å². The van der Waals surface area contributed by atoms with Gasteiger partial charge in [0.25, 0.3) is 0 Å². The van der Waals surface area contributed by atoms with Crippen molar-refractivity contribution in [3.8, 4) is 11.5 Å². The number of hydrogen-bond acceptors (Lipinski definition) is 5. The van der Waals surface area contributed by atoms with Crippen LogP contribution in [0.2, 0.25) is 0 Å². The lowest BCUT2D eigenvalue weighted by Gasteiger charge is -2.09. The molecular weight excluding hydrogens is 288 g/mol. The highest BCUT2D eigenvalue weighted by Crippen LogP contribution is 2.20. The minimum absolute atomic E-state index is 0.0554. The number of hydrogen-bond donors (Lipinski definition) is 2. The minimum Gasteiger partial charge on any atom is -0.444 e. The Bertz CT molecular complexity index is 571. The fourth-order valence-electron chi connectivity index (χ4n) is 1.70. The van der Waals surface area contributed by atoms with Gasteiger partial charge in [-0.05, 0) is 19.1 Å². The first kappa shape index (κ1) is 15.6. The zero-order valence-electron chi connectivity index (χ0n) is 11.8. The van der Waals surface area contributed by atoms with E-state index in [0.29, 0.717) is 17.4 Å². The van der Waals surface area contributed by atoms with Gasteiger partial charge in [0.1, 0.15) is 6.26 Å². The molecule has 2 rings (SSSR count). The van der Waals surface area contributed by atoms with Gasteiger partial charge in [-0.2, -0.15) is 0 Å². The molecule has 0 saturated carbocycles. The van der Waals surface area contributed by atoms with E-state index in [1.54, 1.807) is 13.2 Å². The Labute approximate surface area is 127 Å². The zero-order chi connectivity index (χ0) is 15.1. The first-order valence-electron chi connectivity index (χ1n) is 6.67. The van der Waals surface area contributed by atoms with Gasteiger partial charge in [0, 0.05) is 17.4 Å². The number of thioether (sulfide) groups is 1. The minimum atomic E-state index is -0.213. The average molecular weight is 306 g/mol. The molecular formula is C15H18N2O3S. The van der Waals surface area contributed by atoms with Crippen molar-refractivity contribution in [3.63, 3.8) is 0 Å². The predicted molar refractivity (Wildman–Crippen MR) is 82.8 cm³/mol. The maximum Gasteiger partial charge on any atom is 0.230 e. The van der Waals surface area contributed by atoms with Gasteiger partial charge in [-0.3, -0.25) is 4.79 Å². The van der Waals surface area contributed by atoms with Gasteiger partial charge in [-0.15, -0.1) is 11.8 Å². The maximum absolute atomic E-state index is 11.5. The predicted octanol–water partition coefficient (Wildman–Crippen LogP) is 2.07. The van der Waals surface area contributed by atoms with E-state index in [1.165, 1.54) is 11.8 Å². The summed E-state index contributed by atoms with van der Waals surface area (Å²) in [7, 11) is 0. The molecule has 112 valence electrons. The Hall–Kier alpha value is -1.79. The van der Waals surface area contributed by atoms with Gasteiger partial charge in [0.15, 0.2) is 0 Å². The molecule has 6 heteroatoms. The van der Waals surface area contributed by atoms with Crippen LogP contribution >= 0.6 is 11.8 Å². The van der Waals surface area contributed by atoms with E-state index in [4.69, 9.17) is 9.52 Å². The Kier molecular flexibility index (Phi) is 5.83. The Balaban J connectivity index is 1.80. The fraction of sp³-hybridized carbons (Fsp3) is 0.333. The molecule has 1 aromatic carbocycles. The molecule has 0 saturated heterocycles. The number of aromatic nitrogens is 1. The van der Waals surface area contributed by atoms with Crippen LogP contribution in [0, 0.1) is 0 Å². The summed E-state index contributed by atoms with van der Waals surface area (Å²) in [5.74, 6) is 1.44. The van der Waals surface area contributed by atoms with Crippen molar-refractivity contribution < 1.29 is 14.3 Å². The summed E-state index contributed by atoms with van der Waals surface area (Å²) in [5, 5.41) is 11.5. The standard InChI is InChI=1S/C15H18N2O3S/c1-11(7-18)16-14(19)10-21-9-13-8-20-15(17-13)12-5-3-2-4-6-12/h2-6,8,11,18H,7,9-10H2,1H3,(H,16,19). The monoisotopic (exact) mass is 306 g/mol. The van der Waals surface area contributed by atoms with E-state index in [2.05, 4.69) is 10.3 Å². The van der Waals surface area contributed by atoms with Crippen molar-refractivity contribution in [2.75, 3.05) is 12.4 Å². The van der Waals surface area contributed by atoms with Crippen LogP contribution in [0.25, 0.3) is 11.5 Å². The number of aliphatic hydroxyl groups is 1. The lowest BCUT2D eigenvalue weighted by molar-refractivity contribution is -0.119. The molecule has 1 atom stereocenters. The SMILES string of the molecule is CC(CO)NC(=O)CSCc1coc(-c2ccccc2)n1. The van der Waals surface area contributed by atoms with E-state index in [0.717, 1.165) is 11.3 Å². The van der Waals surface area contributed by atoms with Crippen LogP contribution < -0.4 is 5.32 Å². The first-order valence-corrected chi connectivity index (χ1v) is 7.82.